The SMILES string of the molecule is c1ccc(-c2nnc(CN3CCCCCC3)o2)cc1. The first-order valence-electron chi connectivity index (χ1n) is 7.02. The van der Waals surface area contributed by atoms with Crippen molar-refractivity contribution >= 4 is 0 Å². The second-order valence-electron chi connectivity index (χ2n) is 5.06. The topological polar surface area (TPSA) is 42.2 Å². The Morgan fingerprint density at radius 2 is 1.68 bits per heavy atom. The highest BCUT2D eigenvalue weighted by Crippen LogP contribution is 2.18. The van der Waals surface area contributed by atoms with Crippen molar-refractivity contribution in [2.24, 2.45) is 0 Å². The largest absolute Gasteiger partial charge is 0.419 e. The molecule has 19 heavy (non-hydrogen) atoms. The van der Waals surface area contributed by atoms with Gasteiger partial charge in [-0.2, -0.15) is 0 Å². The fraction of sp³-hybridized carbons (Fsp3) is 0.467. The number of benzene rings is 1. The molecule has 0 aliphatic carbocycles. The number of hydrogen-bond acceptors (Lipinski definition) is 4. The Bertz CT molecular complexity index is 501. The molecule has 0 unspecified atom stereocenters. The van der Waals surface area contributed by atoms with Crippen LogP contribution in [0.4, 0.5) is 0 Å². The van der Waals surface area contributed by atoms with E-state index in [2.05, 4.69) is 15.1 Å². The van der Waals surface area contributed by atoms with Gasteiger partial charge in [0.25, 0.3) is 0 Å². The zero-order valence-electron chi connectivity index (χ0n) is 11.1. The van der Waals surface area contributed by atoms with Crippen molar-refractivity contribution in [2.45, 2.75) is 32.2 Å². The Hall–Kier alpha value is -1.68. The summed E-state index contributed by atoms with van der Waals surface area (Å²) in [7, 11) is 0. The van der Waals surface area contributed by atoms with Gasteiger partial charge in [0.05, 0.1) is 6.54 Å². The predicted molar refractivity (Wildman–Crippen MR) is 73.5 cm³/mol. The van der Waals surface area contributed by atoms with Crippen LogP contribution in [0.25, 0.3) is 11.5 Å². The Morgan fingerprint density at radius 3 is 2.42 bits per heavy atom. The molecule has 100 valence electrons. The van der Waals surface area contributed by atoms with Gasteiger partial charge < -0.3 is 4.42 Å². The maximum Gasteiger partial charge on any atom is 0.247 e. The fourth-order valence-electron chi connectivity index (χ4n) is 2.50. The molecule has 0 amide bonds. The van der Waals surface area contributed by atoms with E-state index in [9.17, 15) is 0 Å². The third-order valence-electron chi connectivity index (χ3n) is 3.55. The molecule has 0 spiro atoms. The summed E-state index contributed by atoms with van der Waals surface area (Å²) in [6.07, 6.45) is 5.24. The lowest BCUT2D eigenvalue weighted by Crippen LogP contribution is -2.24. The van der Waals surface area contributed by atoms with Crippen LogP contribution < -0.4 is 0 Å². The van der Waals surface area contributed by atoms with Gasteiger partial charge in [0.1, 0.15) is 0 Å². The first-order valence-corrected chi connectivity index (χ1v) is 7.02. The van der Waals surface area contributed by atoms with E-state index in [1.54, 1.807) is 0 Å². The number of likely N-dealkylation sites (tertiary alicyclic amines) is 1. The standard InChI is InChI=1S/C15H19N3O/c1-2-7-11-18(10-6-1)12-14-16-17-15(19-14)13-8-4-3-5-9-13/h3-5,8-9H,1-2,6-7,10-12H2. The highest BCUT2D eigenvalue weighted by molar-refractivity contribution is 5.51. The molecule has 1 aliphatic heterocycles. The lowest BCUT2D eigenvalue weighted by molar-refractivity contribution is 0.249. The van der Waals surface area contributed by atoms with Crippen LogP contribution in [0.15, 0.2) is 34.7 Å². The van der Waals surface area contributed by atoms with E-state index in [-0.39, 0.29) is 0 Å². The summed E-state index contributed by atoms with van der Waals surface area (Å²) in [6.45, 7) is 3.06. The van der Waals surface area contributed by atoms with Crippen LogP contribution in [0.3, 0.4) is 0 Å². The third-order valence-corrected chi connectivity index (χ3v) is 3.55. The van der Waals surface area contributed by atoms with Crippen molar-refractivity contribution in [3.8, 4) is 11.5 Å². The van der Waals surface area contributed by atoms with Gasteiger partial charge in [-0.3, -0.25) is 4.90 Å². The van der Waals surface area contributed by atoms with Gasteiger partial charge in [-0.15, -0.1) is 10.2 Å². The van der Waals surface area contributed by atoms with Crippen molar-refractivity contribution in [2.75, 3.05) is 13.1 Å². The molecular weight excluding hydrogens is 238 g/mol. The zero-order chi connectivity index (χ0) is 12.9. The second-order valence-corrected chi connectivity index (χ2v) is 5.06. The summed E-state index contributed by atoms with van der Waals surface area (Å²) >= 11 is 0. The molecular formula is C15H19N3O. The molecule has 0 atom stereocenters. The van der Waals surface area contributed by atoms with Crippen LogP contribution in [0.2, 0.25) is 0 Å². The Kier molecular flexibility index (Phi) is 3.89. The van der Waals surface area contributed by atoms with Crippen molar-refractivity contribution in [3.63, 3.8) is 0 Å². The van der Waals surface area contributed by atoms with E-state index >= 15 is 0 Å². The minimum absolute atomic E-state index is 0.616. The summed E-state index contributed by atoms with van der Waals surface area (Å²) in [5.41, 5.74) is 0.983. The summed E-state index contributed by atoms with van der Waals surface area (Å²) < 4.78 is 5.75. The molecule has 1 saturated heterocycles. The monoisotopic (exact) mass is 257 g/mol. The van der Waals surface area contributed by atoms with E-state index in [0.717, 1.165) is 31.1 Å². The van der Waals surface area contributed by atoms with Gasteiger partial charge in [0.15, 0.2) is 0 Å². The molecule has 2 heterocycles. The first kappa shape index (κ1) is 12.4. The summed E-state index contributed by atoms with van der Waals surface area (Å²) in [6, 6.07) is 9.92. The Labute approximate surface area is 113 Å². The minimum atomic E-state index is 0.616. The quantitative estimate of drug-likeness (QED) is 0.847. The molecule has 1 fully saturated rings. The third kappa shape index (κ3) is 3.20. The predicted octanol–water partition coefficient (Wildman–Crippen LogP) is 3.11. The van der Waals surface area contributed by atoms with Crippen molar-refractivity contribution < 1.29 is 4.42 Å². The van der Waals surface area contributed by atoms with Gasteiger partial charge in [0.2, 0.25) is 11.8 Å². The van der Waals surface area contributed by atoms with Crippen molar-refractivity contribution in [1.29, 1.82) is 0 Å². The average molecular weight is 257 g/mol. The highest BCUT2D eigenvalue weighted by Gasteiger charge is 2.14. The van der Waals surface area contributed by atoms with E-state index in [1.807, 2.05) is 30.3 Å². The highest BCUT2D eigenvalue weighted by atomic mass is 16.4. The van der Waals surface area contributed by atoms with E-state index in [4.69, 9.17) is 4.42 Å². The fourth-order valence-corrected chi connectivity index (χ4v) is 2.50. The lowest BCUT2D eigenvalue weighted by Gasteiger charge is -2.16. The average Bonchev–Trinajstić information content (AvgIpc) is 2.76. The maximum atomic E-state index is 5.75. The second kappa shape index (κ2) is 5.97. The van der Waals surface area contributed by atoms with Crippen LogP contribution in [-0.4, -0.2) is 28.2 Å². The number of rotatable bonds is 3. The molecule has 1 aliphatic rings. The molecule has 3 rings (SSSR count). The molecule has 4 heteroatoms. The van der Waals surface area contributed by atoms with Crippen LogP contribution in [0.5, 0.6) is 0 Å². The summed E-state index contributed by atoms with van der Waals surface area (Å²) in [5, 5.41) is 8.29. The molecule has 0 radical (unpaired) electrons. The summed E-state index contributed by atoms with van der Waals surface area (Å²) in [4.78, 5) is 2.41. The molecule has 0 N–H and O–H groups in total. The van der Waals surface area contributed by atoms with Crippen LogP contribution in [-0.2, 0) is 6.54 Å². The van der Waals surface area contributed by atoms with Gasteiger partial charge in [-0.25, -0.2) is 0 Å². The van der Waals surface area contributed by atoms with E-state index in [1.165, 1.54) is 25.7 Å². The van der Waals surface area contributed by atoms with E-state index in [0.29, 0.717) is 5.89 Å². The van der Waals surface area contributed by atoms with Crippen LogP contribution in [0.1, 0.15) is 31.6 Å². The maximum absolute atomic E-state index is 5.75. The first-order chi connectivity index (χ1) is 9.42. The minimum Gasteiger partial charge on any atom is -0.419 e. The smallest absolute Gasteiger partial charge is 0.247 e. The normalized spacial score (nSPS) is 17.3. The molecule has 0 saturated carbocycles. The van der Waals surface area contributed by atoms with Gasteiger partial charge in [-0.1, -0.05) is 31.0 Å². The van der Waals surface area contributed by atoms with Gasteiger partial charge in [0, 0.05) is 5.56 Å². The van der Waals surface area contributed by atoms with Crippen LogP contribution in [0, 0.1) is 0 Å². The number of nitrogens with zero attached hydrogens (tertiary/aromatic N) is 3. The number of aromatic nitrogens is 2. The van der Waals surface area contributed by atoms with Gasteiger partial charge >= 0.3 is 0 Å². The lowest BCUT2D eigenvalue weighted by atomic mass is 10.2. The molecule has 2 aromatic rings. The molecule has 4 nitrogen and oxygen atoms in total. The number of hydrogen-bond donors (Lipinski definition) is 0. The molecule has 1 aromatic heterocycles. The van der Waals surface area contributed by atoms with E-state index < -0.39 is 0 Å². The Morgan fingerprint density at radius 1 is 0.947 bits per heavy atom. The summed E-state index contributed by atoms with van der Waals surface area (Å²) in [5.74, 6) is 1.34. The molecule has 0 bridgehead atoms. The molecule has 1 aromatic carbocycles. The van der Waals surface area contributed by atoms with Crippen LogP contribution >= 0.6 is 0 Å². The van der Waals surface area contributed by atoms with Crippen molar-refractivity contribution in [1.82, 2.24) is 15.1 Å². The van der Waals surface area contributed by atoms with Crippen molar-refractivity contribution in [3.05, 3.63) is 36.2 Å². The zero-order valence-corrected chi connectivity index (χ0v) is 11.1. The Balaban J connectivity index is 1.68. The van der Waals surface area contributed by atoms with Gasteiger partial charge in [-0.05, 0) is 38.1 Å².